The molecule has 4 amide bonds. The number of para-hydroxylation sites is 2. The number of hydrogen-bond acceptors (Lipinski definition) is 10. The summed E-state index contributed by atoms with van der Waals surface area (Å²) in [4.78, 5) is 64.5. The topological polar surface area (TPSA) is 87.7 Å². The second kappa shape index (κ2) is 15.8. The zero-order chi connectivity index (χ0) is 33.6. The molecule has 10 nitrogen and oxygen atoms in total. The van der Waals surface area contributed by atoms with Crippen LogP contribution in [0.25, 0.3) is 0 Å². The summed E-state index contributed by atoms with van der Waals surface area (Å²) in [6.07, 6.45) is 1.60. The molecule has 0 aromatic heterocycles. The lowest BCUT2D eigenvalue weighted by Gasteiger charge is -2.36. The molecule has 0 aliphatic carbocycles. The molecule has 0 atom stereocenters. The first-order chi connectivity index (χ1) is 23.3. The Morgan fingerprint density at radius 3 is 1.27 bits per heavy atom. The molecule has 0 saturated carbocycles. The predicted octanol–water partition coefficient (Wildman–Crippen LogP) is 4.18. The Balaban J connectivity index is 0.937. The van der Waals surface area contributed by atoms with Gasteiger partial charge in [0.05, 0.1) is 9.81 Å². The number of thiocarbonyl (C=S) groups is 2. The molecule has 0 spiro atoms. The van der Waals surface area contributed by atoms with Gasteiger partial charge in [0.15, 0.2) is 0 Å². The number of anilines is 2. The highest BCUT2D eigenvalue weighted by Gasteiger charge is 2.42. The van der Waals surface area contributed by atoms with Crippen LogP contribution in [0.4, 0.5) is 11.4 Å². The van der Waals surface area contributed by atoms with E-state index >= 15 is 0 Å². The SMILES string of the molecule is O=C(CCCN1C(=O)/C(=C2\SC(=S)N(CCCC(=O)N3CCN(c4ccccc4)CC3)C2=O)SC1=S)N1CCN(c2ccccc2)CC1. The lowest BCUT2D eigenvalue weighted by molar-refractivity contribution is -0.132. The third-order valence-electron chi connectivity index (χ3n) is 8.96. The van der Waals surface area contributed by atoms with Gasteiger partial charge >= 0.3 is 0 Å². The summed E-state index contributed by atoms with van der Waals surface area (Å²) in [5, 5.41) is 0. The van der Waals surface area contributed by atoms with Crippen molar-refractivity contribution >= 4 is 91.6 Å². The number of rotatable bonds is 10. The number of carbonyl (C=O) groups excluding carboxylic acids is 4. The molecule has 4 heterocycles. The van der Waals surface area contributed by atoms with Gasteiger partial charge in [-0.1, -0.05) is 84.4 Å². The van der Waals surface area contributed by atoms with Gasteiger partial charge in [-0.05, 0) is 37.1 Å². The Bertz CT molecular complexity index is 1470. The minimum Gasteiger partial charge on any atom is -0.368 e. The number of nitrogens with zero attached hydrogens (tertiary/aromatic N) is 6. The van der Waals surface area contributed by atoms with Crippen molar-refractivity contribution in [2.24, 2.45) is 0 Å². The number of amides is 4. The zero-order valence-corrected chi connectivity index (χ0v) is 29.9. The van der Waals surface area contributed by atoms with E-state index in [-0.39, 0.29) is 33.4 Å². The van der Waals surface area contributed by atoms with E-state index in [9.17, 15) is 19.2 Å². The molecule has 14 heteroatoms. The standard InChI is InChI=1S/C34H38N6O4S4/c41-27(37-21-17-35(18-22-37)25-9-3-1-4-10-25)13-7-15-39-31(43)29(47-33(39)45)30-32(44)40(34(46)48-30)16-8-14-28(42)38-23-19-36(20-24-38)26-11-5-2-6-12-26/h1-6,9-12H,7-8,13-24H2/b30-29+. The lowest BCUT2D eigenvalue weighted by Crippen LogP contribution is -2.48. The third kappa shape index (κ3) is 7.88. The summed E-state index contributed by atoms with van der Waals surface area (Å²) < 4.78 is 0.754. The summed E-state index contributed by atoms with van der Waals surface area (Å²) in [5.74, 6) is -0.498. The first-order valence-electron chi connectivity index (χ1n) is 16.3. The fourth-order valence-electron chi connectivity index (χ4n) is 6.25. The average Bonchev–Trinajstić information content (AvgIpc) is 3.57. The first kappa shape index (κ1) is 34.4. The average molecular weight is 723 g/mol. The van der Waals surface area contributed by atoms with E-state index in [1.807, 2.05) is 46.2 Å². The number of hydrogen-bond donors (Lipinski definition) is 0. The molecule has 0 unspecified atom stereocenters. The van der Waals surface area contributed by atoms with Crippen molar-refractivity contribution in [3.63, 3.8) is 0 Å². The molecule has 4 fully saturated rings. The van der Waals surface area contributed by atoms with E-state index in [1.54, 1.807) is 0 Å². The van der Waals surface area contributed by atoms with Crippen molar-refractivity contribution in [3.05, 3.63) is 70.5 Å². The van der Waals surface area contributed by atoms with Crippen LogP contribution in [-0.4, -0.2) is 117 Å². The maximum absolute atomic E-state index is 13.4. The van der Waals surface area contributed by atoms with Crippen LogP contribution in [0.5, 0.6) is 0 Å². The van der Waals surface area contributed by atoms with E-state index in [2.05, 4.69) is 34.1 Å². The number of benzene rings is 2. The normalized spacial score (nSPS) is 20.4. The summed E-state index contributed by atoms with van der Waals surface area (Å²) in [5.41, 5.74) is 2.32. The van der Waals surface area contributed by atoms with E-state index < -0.39 is 0 Å². The molecule has 2 aromatic carbocycles. The van der Waals surface area contributed by atoms with Gasteiger partial charge in [0.1, 0.15) is 8.64 Å². The second-order valence-electron chi connectivity index (χ2n) is 11.9. The van der Waals surface area contributed by atoms with E-state index in [4.69, 9.17) is 24.4 Å². The molecular weight excluding hydrogens is 685 g/mol. The van der Waals surface area contributed by atoms with Crippen LogP contribution in [0.3, 0.4) is 0 Å². The van der Waals surface area contributed by atoms with Crippen LogP contribution < -0.4 is 9.80 Å². The fourth-order valence-corrected chi connectivity index (χ4v) is 9.03. The van der Waals surface area contributed by atoms with Crippen LogP contribution in [0.15, 0.2) is 70.5 Å². The van der Waals surface area contributed by atoms with Crippen molar-refractivity contribution < 1.29 is 19.2 Å². The van der Waals surface area contributed by atoms with Crippen LogP contribution in [0.1, 0.15) is 25.7 Å². The van der Waals surface area contributed by atoms with Crippen molar-refractivity contribution in [2.75, 3.05) is 75.2 Å². The zero-order valence-electron chi connectivity index (χ0n) is 26.6. The van der Waals surface area contributed by atoms with E-state index in [0.717, 1.165) is 61.1 Å². The summed E-state index contributed by atoms with van der Waals surface area (Å²) in [7, 11) is 0. The van der Waals surface area contributed by atoms with Gasteiger partial charge in [0.2, 0.25) is 11.8 Å². The minimum absolute atomic E-state index is 0.0712. The predicted molar refractivity (Wildman–Crippen MR) is 200 cm³/mol. The molecule has 252 valence electrons. The maximum Gasteiger partial charge on any atom is 0.267 e. The molecule has 2 aromatic rings. The quantitative estimate of drug-likeness (QED) is 0.263. The first-order valence-corrected chi connectivity index (χ1v) is 18.7. The summed E-state index contributed by atoms with van der Waals surface area (Å²) in [6, 6.07) is 20.4. The van der Waals surface area contributed by atoms with Crippen molar-refractivity contribution in [1.29, 1.82) is 0 Å². The molecular formula is C34H38N6O4S4. The Morgan fingerprint density at radius 1 is 0.562 bits per heavy atom. The van der Waals surface area contributed by atoms with Crippen LogP contribution in [0, 0.1) is 0 Å². The van der Waals surface area contributed by atoms with Gasteiger partial charge in [-0.15, -0.1) is 0 Å². The Hall–Kier alpha value is -3.46. The van der Waals surface area contributed by atoms with Gasteiger partial charge < -0.3 is 19.6 Å². The van der Waals surface area contributed by atoms with Crippen LogP contribution in [-0.2, 0) is 19.2 Å². The minimum atomic E-state index is -0.320. The Kier molecular flexibility index (Phi) is 11.3. The maximum atomic E-state index is 13.4. The van der Waals surface area contributed by atoms with Gasteiger partial charge in [-0.3, -0.25) is 29.0 Å². The number of piperazine rings is 2. The fraction of sp³-hybridized carbons (Fsp3) is 0.412. The molecule has 4 aliphatic heterocycles. The molecule has 4 saturated heterocycles. The summed E-state index contributed by atoms with van der Waals surface area (Å²) in [6.45, 7) is 6.41. The summed E-state index contributed by atoms with van der Waals surface area (Å²) >= 11 is 13.2. The molecule has 6 rings (SSSR count). The molecule has 0 radical (unpaired) electrons. The van der Waals surface area contributed by atoms with Gasteiger partial charge in [-0.2, -0.15) is 0 Å². The van der Waals surface area contributed by atoms with Crippen molar-refractivity contribution in [2.45, 2.75) is 25.7 Å². The molecule has 0 bridgehead atoms. The molecule has 0 N–H and O–H groups in total. The monoisotopic (exact) mass is 722 g/mol. The highest BCUT2D eigenvalue weighted by molar-refractivity contribution is 8.29. The third-order valence-corrected chi connectivity index (χ3v) is 12.0. The van der Waals surface area contributed by atoms with E-state index in [1.165, 1.54) is 9.80 Å². The van der Waals surface area contributed by atoms with Gasteiger partial charge in [0, 0.05) is 89.7 Å². The highest BCUT2D eigenvalue weighted by Crippen LogP contribution is 2.42. The smallest absolute Gasteiger partial charge is 0.267 e. The Labute approximate surface area is 300 Å². The number of carbonyl (C=O) groups is 4. The van der Waals surface area contributed by atoms with E-state index in [0.29, 0.717) is 73.6 Å². The lowest BCUT2D eigenvalue weighted by atomic mass is 10.2. The Morgan fingerprint density at radius 2 is 0.917 bits per heavy atom. The second-order valence-corrected chi connectivity index (χ2v) is 15.2. The van der Waals surface area contributed by atoms with Gasteiger partial charge in [-0.25, -0.2) is 0 Å². The van der Waals surface area contributed by atoms with Crippen molar-refractivity contribution in [1.82, 2.24) is 19.6 Å². The molecule has 4 aliphatic rings. The van der Waals surface area contributed by atoms with Crippen LogP contribution in [0.2, 0.25) is 0 Å². The van der Waals surface area contributed by atoms with Crippen molar-refractivity contribution in [3.8, 4) is 0 Å². The highest BCUT2D eigenvalue weighted by atomic mass is 32.2. The number of thioether (sulfide) groups is 2. The largest absolute Gasteiger partial charge is 0.368 e. The molecule has 48 heavy (non-hydrogen) atoms. The van der Waals surface area contributed by atoms with Gasteiger partial charge in [0.25, 0.3) is 11.8 Å². The van der Waals surface area contributed by atoms with Crippen LogP contribution >= 0.6 is 48.0 Å².